The summed E-state index contributed by atoms with van der Waals surface area (Å²) in [5.74, 6) is 0.136. The molecular formula is C19H14N2O3. The molecule has 118 valence electrons. The molecule has 0 aliphatic heterocycles. The van der Waals surface area contributed by atoms with Gasteiger partial charge in [0.1, 0.15) is 11.5 Å². The van der Waals surface area contributed by atoms with Gasteiger partial charge in [0.25, 0.3) is 0 Å². The minimum absolute atomic E-state index is 0.0753. The molecule has 2 N–H and O–H groups in total. The van der Waals surface area contributed by atoms with Crippen LogP contribution in [0.4, 0.5) is 0 Å². The van der Waals surface area contributed by atoms with Crippen molar-refractivity contribution in [2.24, 2.45) is 0 Å². The first kappa shape index (κ1) is 15.4. The van der Waals surface area contributed by atoms with Gasteiger partial charge in [0.15, 0.2) is 6.29 Å². The fourth-order valence-corrected chi connectivity index (χ4v) is 2.34. The van der Waals surface area contributed by atoms with E-state index in [1.54, 1.807) is 24.3 Å². The van der Waals surface area contributed by atoms with Gasteiger partial charge in [0.05, 0.1) is 29.0 Å². The third kappa shape index (κ3) is 3.15. The van der Waals surface area contributed by atoms with Crippen molar-refractivity contribution in [3.63, 3.8) is 0 Å². The molecule has 4 aromatic rings. The summed E-state index contributed by atoms with van der Waals surface area (Å²) in [6.45, 7) is 0. The molecule has 24 heavy (non-hydrogen) atoms. The Hall–Kier alpha value is -3.47. The molecule has 5 heteroatoms. The van der Waals surface area contributed by atoms with E-state index in [-0.39, 0.29) is 11.5 Å². The van der Waals surface area contributed by atoms with E-state index in [4.69, 9.17) is 5.11 Å². The molecule has 2 heterocycles. The van der Waals surface area contributed by atoms with Crippen molar-refractivity contribution in [3.8, 4) is 11.5 Å². The van der Waals surface area contributed by atoms with E-state index in [0.29, 0.717) is 22.8 Å². The number of fused-ring (bicyclic) bond motifs is 2. The van der Waals surface area contributed by atoms with Crippen molar-refractivity contribution in [2.45, 2.75) is 0 Å². The Morgan fingerprint density at radius 1 is 0.833 bits per heavy atom. The minimum Gasteiger partial charge on any atom is -0.506 e. The van der Waals surface area contributed by atoms with Gasteiger partial charge >= 0.3 is 0 Å². The average molecular weight is 318 g/mol. The monoisotopic (exact) mass is 318 g/mol. The van der Waals surface area contributed by atoms with Crippen molar-refractivity contribution >= 4 is 28.1 Å². The minimum atomic E-state index is -0.0753. The Labute approximate surface area is 137 Å². The van der Waals surface area contributed by atoms with Crippen LogP contribution in [0.1, 0.15) is 10.4 Å². The second kappa shape index (κ2) is 6.75. The van der Waals surface area contributed by atoms with Crippen LogP contribution in [0.25, 0.3) is 21.8 Å². The van der Waals surface area contributed by atoms with Crippen molar-refractivity contribution in [1.82, 2.24) is 9.97 Å². The maximum atomic E-state index is 10.7. The second-order valence-electron chi connectivity index (χ2n) is 5.08. The molecule has 0 radical (unpaired) electrons. The first-order chi connectivity index (χ1) is 11.7. The van der Waals surface area contributed by atoms with Gasteiger partial charge in [-0.15, -0.1) is 0 Å². The summed E-state index contributed by atoms with van der Waals surface area (Å²) in [7, 11) is 0. The lowest BCUT2D eigenvalue weighted by Crippen LogP contribution is -1.87. The van der Waals surface area contributed by atoms with Crippen LogP contribution in [0, 0.1) is 0 Å². The number of pyridine rings is 2. The van der Waals surface area contributed by atoms with E-state index in [1.165, 1.54) is 12.4 Å². The van der Waals surface area contributed by atoms with Gasteiger partial charge < -0.3 is 10.2 Å². The lowest BCUT2D eigenvalue weighted by Gasteiger charge is -2.00. The zero-order valence-corrected chi connectivity index (χ0v) is 12.6. The van der Waals surface area contributed by atoms with Crippen LogP contribution in [0.2, 0.25) is 0 Å². The van der Waals surface area contributed by atoms with E-state index in [1.807, 2.05) is 30.3 Å². The summed E-state index contributed by atoms with van der Waals surface area (Å²) in [6, 6.07) is 16.6. The molecule has 0 aliphatic rings. The number of para-hydroxylation sites is 2. The predicted molar refractivity (Wildman–Crippen MR) is 92.2 cm³/mol. The molecule has 0 amide bonds. The topological polar surface area (TPSA) is 83.3 Å². The van der Waals surface area contributed by atoms with E-state index < -0.39 is 0 Å². The van der Waals surface area contributed by atoms with Crippen molar-refractivity contribution < 1.29 is 15.0 Å². The summed E-state index contributed by atoms with van der Waals surface area (Å²) in [6.07, 6.45) is 3.37. The van der Waals surface area contributed by atoms with E-state index in [0.717, 1.165) is 10.9 Å². The summed E-state index contributed by atoms with van der Waals surface area (Å²) < 4.78 is 0. The molecule has 4 rings (SSSR count). The molecule has 0 fully saturated rings. The maximum Gasteiger partial charge on any atom is 0.154 e. The molecule has 0 unspecified atom stereocenters. The van der Waals surface area contributed by atoms with Crippen molar-refractivity contribution in [2.75, 3.05) is 0 Å². The summed E-state index contributed by atoms with van der Waals surface area (Å²) >= 11 is 0. The number of aromatic nitrogens is 2. The molecule has 0 aliphatic carbocycles. The molecule has 5 nitrogen and oxygen atoms in total. The van der Waals surface area contributed by atoms with Gasteiger partial charge in [0, 0.05) is 10.8 Å². The highest BCUT2D eigenvalue weighted by atomic mass is 16.3. The van der Waals surface area contributed by atoms with Crippen LogP contribution in [0.15, 0.2) is 67.0 Å². The Bertz CT molecular complexity index is 1020. The summed E-state index contributed by atoms with van der Waals surface area (Å²) in [4.78, 5) is 18.7. The zero-order chi connectivity index (χ0) is 16.9. The van der Waals surface area contributed by atoms with Gasteiger partial charge in [-0.3, -0.25) is 14.8 Å². The number of rotatable bonds is 1. The van der Waals surface area contributed by atoms with Gasteiger partial charge in [-0.25, -0.2) is 0 Å². The second-order valence-corrected chi connectivity index (χ2v) is 5.08. The number of nitrogens with zero attached hydrogens (tertiary/aromatic N) is 2. The number of hydrogen-bond donors (Lipinski definition) is 2. The number of benzene rings is 2. The van der Waals surface area contributed by atoms with E-state index >= 15 is 0 Å². The first-order valence-electron chi connectivity index (χ1n) is 7.24. The van der Waals surface area contributed by atoms with Crippen molar-refractivity contribution in [1.29, 1.82) is 0 Å². The summed E-state index contributed by atoms with van der Waals surface area (Å²) in [5.41, 5.74) is 1.92. The lowest BCUT2D eigenvalue weighted by atomic mass is 10.1. The highest BCUT2D eigenvalue weighted by Gasteiger charge is 2.05. The molecule has 0 saturated carbocycles. The van der Waals surface area contributed by atoms with Gasteiger partial charge in [-0.1, -0.05) is 36.4 Å². The first-order valence-corrected chi connectivity index (χ1v) is 7.24. The molecular weight excluding hydrogens is 304 g/mol. The molecule has 2 aromatic carbocycles. The van der Waals surface area contributed by atoms with E-state index in [2.05, 4.69) is 9.97 Å². The highest BCUT2D eigenvalue weighted by Crippen LogP contribution is 2.22. The molecule has 0 atom stereocenters. The smallest absolute Gasteiger partial charge is 0.154 e. The quantitative estimate of drug-likeness (QED) is 0.523. The SMILES string of the molecule is O=Cc1c(O)cnc2ccccc12.Oc1cnc2ccccc2c1. The molecule has 0 bridgehead atoms. The third-order valence-corrected chi connectivity index (χ3v) is 3.49. The van der Waals surface area contributed by atoms with Gasteiger partial charge in [0.2, 0.25) is 0 Å². The number of aromatic hydroxyl groups is 2. The highest BCUT2D eigenvalue weighted by molar-refractivity contribution is 5.98. The zero-order valence-electron chi connectivity index (χ0n) is 12.6. The normalized spacial score (nSPS) is 10.2. The largest absolute Gasteiger partial charge is 0.506 e. The molecule has 0 spiro atoms. The van der Waals surface area contributed by atoms with Crippen LogP contribution in [0.5, 0.6) is 11.5 Å². The van der Waals surface area contributed by atoms with E-state index in [9.17, 15) is 9.90 Å². The van der Waals surface area contributed by atoms with Crippen LogP contribution in [-0.2, 0) is 0 Å². The molecule has 2 aromatic heterocycles. The number of carbonyl (C=O) groups excluding carboxylic acids is 1. The van der Waals surface area contributed by atoms with Crippen LogP contribution in [0.3, 0.4) is 0 Å². The van der Waals surface area contributed by atoms with Crippen LogP contribution in [-0.4, -0.2) is 26.5 Å². The number of aldehydes is 1. The lowest BCUT2D eigenvalue weighted by molar-refractivity contribution is 0.112. The standard InChI is InChI=1S/C10H7NO2.C9H7NO/c12-6-8-7-3-1-2-4-9(7)11-5-10(8)13;11-8-5-7-3-1-2-4-9(7)10-6-8/h1-6,13H;1-6,11H. The Morgan fingerprint density at radius 3 is 2.29 bits per heavy atom. The van der Waals surface area contributed by atoms with Gasteiger partial charge in [-0.2, -0.15) is 0 Å². The van der Waals surface area contributed by atoms with Crippen LogP contribution >= 0.6 is 0 Å². The predicted octanol–water partition coefficient (Wildman–Crippen LogP) is 3.69. The third-order valence-electron chi connectivity index (χ3n) is 3.49. The summed E-state index contributed by atoms with van der Waals surface area (Å²) in [5, 5.41) is 20.0. The van der Waals surface area contributed by atoms with Crippen LogP contribution < -0.4 is 0 Å². The average Bonchev–Trinajstić information content (AvgIpc) is 2.62. The van der Waals surface area contributed by atoms with Crippen molar-refractivity contribution in [3.05, 3.63) is 72.6 Å². The Balaban J connectivity index is 0.000000143. The fraction of sp³-hybridized carbons (Fsp3) is 0. The number of carbonyl (C=O) groups is 1. The number of hydrogen-bond acceptors (Lipinski definition) is 5. The fourth-order valence-electron chi connectivity index (χ4n) is 2.34. The van der Waals surface area contributed by atoms with Gasteiger partial charge in [-0.05, 0) is 18.2 Å². The maximum absolute atomic E-state index is 10.7. The Morgan fingerprint density at radius 2 is 1.50 bits per heavy atom. The molecule has 0 saturated heterocycles. The Kier molecular flexibility index (Phi) is 4.34.